The Kier molecular flexibility index (Phi) is 3.66. The molecule has 2 aromatic rings. The zero-order valence-corrected chi connectivity index (χ0v) is 11.7. The molecule has 0 bridgehead atoms. The minimum Gasteiger partial charge on any atom is -0.489 e. The van der Waals surface area contributed by atoms with E-state index in [0.29, 0.717) is 30.2 Å². The molecule has 1 aliphatic heterocycles. The predicted octanol–water partition coefficient (Wildman–Crippen LogP) is 3.54. The molecule has 0 aliphatic carbocycles. The molecular formula is C15H12ClFN2O2. The normalized spacial score (nSPS) is 12.9. The van der Waals surface area contributed by atoms with E-state index in [-0.39, 0.29) is 10.9 Å². The Morgan fingerprint density at radius 3 is 3.00 bits per heavy atom. The van der Waals surface area contributed by atoms with E-state index in [1.165, 1.54) is 18.2 Å². The number of carbonyl (C=O) groups excluding carboxylic acids is 1. The zero-order valence-electron chi connectivity index (χ0n) is 11.0. The summed E-state index contributed by atoms with van der Waals surface area (Å²) in [5, 5.41) is 5.80. The van der Waals surface area contributed by atoms with E-state index in [2.05, 4.69) is 10.6 Å². The summed E-state index contributed by atoms with van der Waals surface area (Å²) in [6, 6.07) is 9.31. The molecule has 0 unspecified atom stereocenters. The quantitative estimate of drug-likeness (QED) is 0.892. The fourth-order valence-electron chi connectivity index (χ4n) is 2.12. The molecule has 0 radical (unpaired) electrons. The van der Waals surface area contributed by atoms with Crippen molar-refractivity contribution in [2.75, 3.05) is 23.8 Å². The van der Waals surface area contributed by atoms with Gasteiger partial charge in [0.15, 0.2) is 5.75 Å². The van der Waals surface area contributed by atoms with Gasteiger partial charge in [0.05, 0.1) is 16.3 Å². The maximum Gasteiger partial charge on any atom is 0.259 e. The molecule has 2 N–H and O–H groups in total. The van der Waals surface area contributed by atoms with Gasteiger partial charge in [-0.1, -0.05) is 17.7 Å². The van der Waals surface area contributed by atoms with Crippen LogP contribution in [0.1, 0.15) is 10.4 Å². The van der Waals surface area contributed by atoms with Crippen LogP contribution in [0, 0.1) is 5.82 Å². The number of anilines is 2. The van der Waals surface area contributed by atoms with Crippen molar-refractivity contribution in [1.82, 2.24) is 0 Å². The average molecular weight is 307 g/mol. The second-order valence-corrected chi connectivity index (χ2v) is 4.95. The molecule has 0 spiro atoms. The number of ether oxygens (including phenoxy) is 1. The highest BCUT2D eigenvalue weighted by molar-refractivity contribution is 6.31. The molecule has 6 heteroatoms. The van der Waals surface area contributed by atoms with Crippen molar-refractivity contribution in [3.8, 4) is 5.75 Å². The molecule has 4 nitrogen and oxygen atoms in total. The van der Waals surface area contributed by atoms with Crippen LogP contribution in [0.2, 0.25) is 5.02 Å². The Bertz CT molecular complexity index is 706. The maximum absolute atomic E-state index is 13.1. The Labute approximate surface area is 125 Å². The molecule has 0 saturated carbocycles. The molecule has 108 valence electrons. The fourth-order valence-corrected chi connectivity index (χ4v) is 2.30. The van der Waals surface area contributed by atoms with E-state index < -0.39 is 5.82 Å². The summed E-state index contributed by atoms with van der Waals surface area (Å²) in [5.74, 6) is -0.341. The standard InChI is InChI=1S/C15H12ClFN2O2/c16-11-8-9(4-5-12(11)17)19-15(20)10-2-1-3-13-14(10)21-7-6-18-13/h1-5,8,18H,6-7H2,(H,19,20). The smallest absolute Gasteiger partial charge is 0.259 e. The first-order valence-corrected chi connectivity index (χ1v) is 6.79. The number of benzene rings is 2. The van der Waals surface area contributed by atoms with Gasteiger partial charge in [0.25, 0.3) is 5.91 Å². The highest BCUT2D eigenvalue weighted by atomic mass is 35.5. The van der Waals surface area contributed by atoms with E-state index >= 15 is 0 Å². The predicted molar refractivity (Wildman–Crippen MR) is 79.8 cm³/mol. The third-order valence-electron chi connectivity index (χ3n) is 3.10. The number of para-hydroxylation sites is 1. The molecular weight excluding hydrogens is 295 g/mol. The van der Waals surface area contributed by atoms with Crippen LogP contribution < -0.4 is 15.4 Å². The van der Waals surface area contributed by atoms with E-state index in [1.54, 1.807) is 12.1 Å². The van der Waals surface area contributed by atoms with Gasteiger partial charge in [-0.15, -0.1) is 0 Å². The minimum absolute atomic E-state index is 0.0409. The molecule has 1 heterocycles. The molecule has 1 amide bonds. The van der Waals surface area contributed by atoms with Crippen molar-refractivity contribution in [2.24, 2.45) is 0 Å². The van der Waals surface area contributed by atoms with E-state index in [9.17, 15) is 9.18 Å². The Morgan fingerprint density at radius 1 is 1.33 bits per heavy atom. The van der Waals surface area contributed by atoms with Gasteiger partial charge in [-0.05, 0) is 30.3 Å². The largest absolute Gasteiger partial charge is 0.489 e. The van der Waals surface area contributed by atoms with Crippen molar-refractivity contribution in [2.45, 2.75) is 0 Å². The molecule has 1 aliphatic rings. The first kappa shape index (κ1) is 13.7. The van der Waals surface area contributed by atoms with Gasteiger partial charge in [-0.3, -0.25) is 4.79 Å². The lowest BCUT2D eigenvalue weighted by Crippen LogP contribution is -2.21. The van der Waals surface area contributed by atoms with Crippen LogP contribution in [0.15, 0.2) is 36.4 Å². The van der Waals surface area contributed by atoms with Crippen molar-refractivity contribution in [1.29, 1.82) is 0 Å². The van der Waals surface area contributed by atoms with Crippen LogP contribution in [0.4, 0.5) is 15.8 Å². The molecule has 0 aromatic heterocycles. The Balaban J connectivity index is 1.87. The summed E-state index contributed by atoms with van der Waals surface area (Å²) in [6.45, 7) is 1.20. The van der Waals surface area contributed by atoms with Crippen LogP contribution in [0.5, 0.6) is 5.75 Å². The summed E-state index contributed by atoms with van der Waals surface area (Å²) < 4.78 is 18.7. The van der Waals surface area contributed by atoms with Crippen LogP contribution in [-0.2, 0) is 0 Å². The fraction of sp³-hybridized carbons (Fsp3) is 0.133. The first-order valence-electron chi connectivity index (χ1n) is 6.41. The maximum atomic E-state index is 13.1. The molecule has 0 fully saturated rings. The van der Waals surface area contributed by atoms with Crippen LogP contribution in [0.25, 0.3) is 0 Å². The third-order valence-corrected chi connectivity index (χ3v) is 3.39. The van der Waals surface area contributed by atoms with Gasteiger partial charge in [-0.2, -0.15) is 0 Å². The lowest BCUT2D eigenvalue weighted by molar-refractivity contribution is 0.102. The SMILES string of the molecule is O=C(Nc1ccc(F)c(Cl)c1)c1cccc2c1OCCN2. The zero-order chi connectivity index (χ0) is 14.8. The number of rotatable bonds is 2. The monoisotopic (exact) mass is 306 g/mol. The molecule has 0 saturated heterocycles. The highest BCUT2D eigenvalue weighted by Gasteiger charge is 2.19. The third kappa shape index (κ3) is 2.78. The van der Waals surface area contributed by atoms with E-state index in [1.807, 2.05) is 6.07 Å². The summed E-state index contributed by atoms with van der Waals surface area (Å²) in [6.07, 6.45) is 0. The number of hydrogen-bond donors (Lipinski definition) is 2. The average Bonchev–Trinajstić information content (AvgIpc) is 2.50. The molecule has 3 rings (SSSR count). The van der Waals surface area contributed by atoms with Crippen molar-refractivity contribution in [3.05, 3.63) is 52.8 Å². The van der Waals surface area contributed by atoms with Gasteiger partial charge in [-0.25, -0.2) is 4.39 Å². The summed E-state index contributed by atoms with van der Waals surface area (Å²) in [7, 11) is 0. The lowest BCUT2D eigenvalue weighted by Gasteiger charge is -2.21. The van der Waals surface area contributed by atoms with Crippen LogP contribution >= 0.6 is 11.6 Å². The summed E-state index contributed by atoms with van der Waals surface area (Å²) >= 11 is 5.70. The topological polar surface area (TPSA) is 50.4 Å². The van der Waals surface area contributed by atoms with Gasteiger partial charge < -0.3 is 15.4 Å². The first-order chi connectivity index (χ1) is 10.1. The molecule has 0 atom stereocenters. The van der Waals surface area contributed by atoms with Gasteiger partial charge in [0, 0.05) is 12.2 Å². The lowest BCUT2D eigenvalue weighted by atomic mass is 10.1. The Morgan fingerprint density at radius 2 is 2.19 bits per heavy atom. The number of amides is 1. The number of halogens is 2. The number of carbonyl (C=O) groups is 1. The molecule has 21 heavy (non-hydrogen) atoms. The van der Waals surface area contributed by atoms with Crippen LogP contribution in [-0.4, -0.2) is 19.1 Å². The summed E-state index contributed by atoms with van der Waals surface area (Å²) in [5.41, 5.74) is 1.62. The van der Waals surface area contributed by atoms with Gasteiger partial charge >= 0.3 is 0 Å². The van der Waals surface area contributed by atoms with Crippen molar-refractivity contribution < 1.29 is 13.9 Å². The molecule has 2 aromatic carbocycles. The van der Waals surface area contributed by atoms with Crippen LogP contribution in [0.3, 0.4) is 0 Å². The second kappa shape index (κ2) is 5.61. The highest BCUT2D eigenvalue weighted by Crippen LogP contribution is 2.31. The van der Waals surface area contributed by atoms with Crippen molar-refractivity contribution >= 4 is 28.9 Å². The summed E-state index contributed by atoms with van der Waals surface area (Å²) in [4.78, 5) is 12.3. The minimum atomic E-state index is -0.528. The van der Waals surface area contributed by atoms with Crippen molar-refractivity contribution in [3.63, 3.8) is 0 Å². The number of nitrogens with one attached hydrogen (secondary N) is 2. The van der Waals surface area contributed by atoms with E-state index in [0.717, 1.165) is 5.69 Å². The van der Waals surface area contributed by atoms with Gasteiger partial charge in [0.2, 0.25) is 0 Å². The number of fused-ring (bicyclic) bond motifs is 1. The van der Waals surface area contributed by atoms with E-state index in [4.69, 9.17) is 16.3 Å². The number of hydrogen-bond acceptors (Lipinski definition) is 3. The van der Waals surface area contributed by atoms with Gasteiger partial charge in [0.1, 0.15) is 12.4 Å². The Hall–Kier alpha value is -2.27. The second-order valence-electron chi connectivity index (χ2n) is 4.54.